The highest BCUT2D eigenvalue weighted by Crippen LogP contribution is 2.70. The largest absolute Gasteiger partial charge is 0.456 e. The molecule has 45 heavy (non-hydrogen) atoms. The molecule has 7 atom stereocenters. The van der Waals surface area contributed by atoms with Gasteiger partial charge in [-0.2, -0.15) is 5.26 Å². The maximum Gasteiger partial charge on any atom is 0.352 e. The summed E-state index contributed by atoms with van der Waals surface area (Å²) >= 11 is 0. The van der Waals surface area contributed by atoms with Crippen LogP contribution in [0.4, 0.5) is 4.39 Å². The number of H-pyrrole nitrogens is 1. The zero-order valence-electron chi connectivity index (χ0n) is 24.9. The van der Waals surface area contributed by atoms with Gasteiger partial charge >= 0.3 is 11.9 Å². The number of carbonyl (C=O) groups is 3. The monoisotopic (exact) mass is 616 g/mol. The van der Waals surface area contributed by atoms with Crippen LogP contribution in [-0.4, -0.2) is 51.8 Å². The molecule has 2 unspecified atom stereocenters. The first-order valence-electron chi connectivity index (χ1n) is 14.9. The van der Waals surface area contributed by atoms with Crippen molar-refractivity contribution in [2.45, 2.75) is 63.3 Å². The zero-order chi connectivity index (χ0) is 32.2. The van der Waals surface area contributed by atoms with E-state index >= 15 is 4.39 Å². The van der Waals surface area contributed by atoms with Gasteiger partial charge in [-0.05, 0) is 87.4 Å². The fourth-order valence-electron chi connectivity index (χ4n) is 8.43. The number of esters is 2. The number of nitriles is 1. The number of ketones is 1. The Balaban J connectivity index is 1.31. The number of aliphatic hydroxyl groups excluding tert-OH is 1. The highest BCUT2D eigenvalue weighted by molar-refractivity contribution is 6.01. The first kappa shape index (κ1) is 30.5. The van der Waals surface area contributed by atoms with Crippen LogP contribution in [0.2, 0.25) is 0 Å². The van der Waals surface area contributed by atoms with Crippen LogP contribution < -0.4 is 10.3 Å². The molecule has 3 fully saturated rings. The summed E-state index contributed by atoms with van der Waals surface area (Å²) in [6.07, 6.45) is 5.09. The van der Waals surface area contributed by atoms with Crippen molar-refractivity contribution in [1.82, 2.24) is 4.98 Å². The van der Waals surface area contributed by atoms with Crippen molar-refractivity contribution in [1.29, 1.82) is 5.26 Å². The highest BCUT2D eigenvalue weighted by Gasteiger charge is 2.76. The van der Waals surface area contributed by atoms with Gasteiger partial charge in [0.1, 0.15) is 17.6 Å². The third-order valence-electron chi connectivity index (χ3n) is 10.7. The number of halogens is 1. The van der Waals surface area contributed by atoms with E-state index in [2.05, 4.69) is 4.98 Å². The van der Waals surface area contributed by atoms with E-state index in [0.29, 0.717) is 36.3 Å². The maximum absolute atomic E-state index is 17.5. The molecule has 0 radical (unpaired) electrons. The number of aromatic nitrogens is 1. The van der Waals surface area contributed by atoms with Gasteiger partial charge in [0.05, 0.1) is 11.7 Å². The van der Waals surface area contributed by atoms with Crippen LogP contribution in [0.5, 0.6) is 11.5 Å². The molecule has 0 saturated heterocycles. The normalized spacial score (nSPS) is 34.8. The maximum atomic E-state index is 17.5. The number of carbonyl (C=O) groups excluding carboxylic acids is 3. The second kappa shape index (κ2) is 10.8. The Kier molecular flexibility index (Phi) is 7.32. The van der Waals surface area contributed by atoms with Crippen LogP contribution in [-0.2, 0) is 19.1 Å². The first-order chi connectivity index (χ1) is 21.4. The summed E-state index contributed by atoms with van der Waals surface area (Å²) in [6.45, 7) is 2.86. The molecule has 2 aromatic rings. The van der Waals surface area contributed by atoms with Gasteiger partial charge in [-0.25, -0.2) is 14.0 Å². The lowest BCUT2D eigenvalue weighted by Crippen LogP contribution is -2.69. The van der Waals surface area contributed by atoms with Crippen LogP contribution in [0.3, 0.4) is 0 Å². The Morgan fingerprint density at radius 3 is 2.51 bits per heavy atom. The number of fused-ring (bicyclic) bond motifs is 5. The molecule has 3 saturated carbocycles. The van der Waals surface area contributed by atoms with E-state index in [-0.39, 0.29) is 29.7 Å². The van der Waals surface area contributed by atoms with Crippen molar-refractivity contribution < 1.29 is 38.1 Å². The molecule has 0 amide bonds. The molecule has 0 aliphatic heterocycles. The average Bonchev–Trinajstić information content (AvgIpc) is 3.30. The quantitative estimate of drug-likeness (QED) is 0.446. The zero-order valence-corrected chi connectivity index (χ0v) is 24.9. The summed E-state index contributed by atoms with van der Waals surface area (Å²) < 4.78 is 34.6. The van der Waals surface area contributed by atoms with Crippen LogP contribution in [0, 0.1) is 34.0 Å². The van der Waals surface area contributed by atoms with E-state index < -0.39 is 58.6 Å². The minimum atomic E-state index is -2.13. The minimum Gasteiger partial charge on any atom is -0.456 e. The average molecular weight is 617 g/mol. The van der Waals surface area contributed by atoms with E-state index in [1.165, 1.54) is 54.7 Å². The second-order valence-corrected chi connectivity index (χ2v) is 12.8. The summed E-state index contributed by atoms with van der Waals surface area (Å²) in [5.74, 6) is -2.40. The Bertz CT molecular complexity index is 1710. The number of hydrogen-bond donors (Lipinski definition) is 2. The number of allylic oxidation sites excluding steroid dienone is 4. The molecule has 11 heteroatoms. The van der Waals surface area contributed by atoms with E-state index in [4.69, 9.17) is 19.5 Å². The molecule has 0 spiro atoms. The van der Waals surface area contributed by atoms with E-state index in [9.17, 15) is 24.3 Å². The summed E-state index contributed by atoms with van der Waals surface area (Å²) in [7, 11) is 0. The SMILES string of the molecule is C[C@]12C=CC(=O)C=C1CC[C@H]1[C@@H]3CCC(OC(=O)c4ccc(Oc5ccc(=O)[nH]c5)cc4)(C(=O)OCC#N)[C@@]3(C)C[C@H](O)C12F. The van der Waals surface area contributed by atoms with Gasteiger partial charge in [0.15, 0.2) is 18.1 Å². The Hall–Kier alpha value is -4.56. The summed E-state index contributed by atoms with van der Waals surface area (Å²) in [4.78, 5) is 53.4. The number of hydrogen-bond acceptors (Lipinski definition) is 9. The van der Waals surface area contributed by atoms with E-state index in [1.54, 1.807) is 26.0 Å². The smallest absolute Gasteiger partial charge is 0.352 e. The molecule has 1 aromatic carbocycles. The van der Waals surface area contributed by atoms with Crippen molar-refractivity contribution in [2.24, 2.45) is 22.7 Å². The Morgan fingerprint density at radius 1 is 1.09 bits per heavy atom. The third kappa shape index (κ3) is 4.53. The van der Waals surface area contributed by atoms with Crippen molar-refractivity contribution >= 4 is 17.7 Å². The molecule has 0 bridgehead atoms. The fourth-order valence-corrected chi connectivity index (χ4v) is 8.43. The summed E-state index contributed by atoms with van der Waals surface area (Å²) in [5.41, 5.74) is -6.01. The number of nitrogens with one attached hydrogen (secondary N) is 1. The summed E-state index contributed by atoms with van der Waals surface area (Å²) in [6, 6.07) is 10.5. The number of benzene rings is 1. The lowest BCUT2D eigenvalue weighted by Gasteiger charge is -2.62. The molecule has 2 N–H and O–H groups in total. The number of aliphatic hydroxyl groups is 1. The van der Waals surface area contributed by atoms with Crippen LogP contribution in [0.25, 0.3) is 0 Å². The summed E-state index contributed by atoms with van der Waals surface area (Å²) in [5, 5.41) is 20.8. The number of ether oxygens (including phenoxy) is 3. The second-order valence-electron chi connectivity index (χ2n) is 12.8. The lowest BCUT2D eigenvalue weighted by atomic mass is 9.45. The number of aromatic amines is 1. The fraction of sp³-hybridized carbons (Fsp3) is 0.441. The molecular formula is C34H33FN2O8. The van der Waals surface area contributed by atoms with Crippen molar-refractivity contribution in [3.8, 4) is 17.6 Å². The topological polar surface area (TPSA) is 156 Å². The molecular weight excluding hydrogens is 583 g/mol. The van der Waals surface area contributed by atoms with Crippen molar-refractivity contribution in [3.63, 3.8) is 0 Å². The number of nitrogens with zero attached hydrogens (tertiary/aromatic N) is 1. The van der Waals surface area contributed by atoms with Gasteiger partial charge in [0.25, 0.3) is 0 Å². The first-order valence-corrected chi connectivity index (χ1v) is 14.9. The molecule has 10 nitrogen and oxygen atoms in total. The van der Waals surface area contributed by atoms with Gasteiger partial charge in [-0.1, -0.05) is 18.6 Å². The highest BCUT2D eigenvalue weighted by atomic mass is 19.1. The Morgan fingerprint density at radius 2 is 1.82 bits per heavy atom. The van der Waals surface area contributed by atoms with Crippen molar-refractivity contribution in [2.75, 3.05) is 6.61 Å². The molecule has 6 rings (SSSR count). The van der Waals surface area contributed by atoms with Crippen molar-refractivity contribution in [3.05, 3.63) is 82.3 Å². The molecule has 1 aromatic heterocycles. The van der Waals surface area contributed by atoms with Gasteiger partial charge in [-0.15, -0.1) is 0 Å². The molecule has 1 heterocycles. The van der Waals surface area contributed by atoms with Gasteiger partial charge in [0, 0.05) is 29.0 Å². The Labute approximate surface area is 258 Å². The standard InChI is InChI=1S/C34H33FN2O8/c1-31-13-11-22(38)17-21(31)5-9-26-25-12-14-33(30(42)43-16-15-36,32(25,2)18-27(39)34(26,31)35)45-29(41)20-3-6-23(7-4-20)44-24-8-10-28(40)37-19-24/h3-4,6-8,10-11,13,17,19,25-27,39H,5,9,12,14,16,18H2,1-2H3,(H,37,40)/t25-,26-,27-,31-,32-,33?,34?/m0/s1. The van der Waals surface area contributed by atoms with Gasteiger partial charge < -0.3 is 24.3 Å². The lowest BCUT2D eigenvalue weighted by molar-refractivity contribution is -0.224. The number of rotatable bonds is 6. The molecule has 4 aliphatic carbocycles. The van der Waals surface area contributed by atoms with Crippen LogP contribution >= 0.6 is 0 Å². The minimum absolute atomic E-state index is 0.0185. The third-order valence-corrected chi connectivity index (χ3v) is 10.7. The van der Waals surface area contributed by atoms with Gasteiger partial charge in [0.2, 0.25) is 11.2 Å². The molecule has 234 valence electrons. The van der Waals surface area contributed by atoms with E-state index in [0.717, 1.165) is 0 Å². The molecule has 4 aliphatic rings. The number of alkyl halides is 1. The predicted molar refractivity (Wildman–Crippen MR) is 157 cm³/mol. The predicted octanol–water partition coefficient (Wildman–Crippen LogP) is 4.50. The van der Waals surface area contributed by atoms with Crippen LogP contribution in [0.15, 0.2) is 71.2 Å². The van der Waals surface area contributed by atoms with Gasteiger partial charge in [-0.3, -0.25) is 9.59 Å². The van der Waals surface area contributed by atoms with Crippen LogP contribution in [0.1, 0.15) is 56.3 Å². The number of pyridine rings is 1. The van der Waals surface area contributed by atoms with E-state index in [1.807, 2.05) is 0 Å².